The molecule has 0 fully saturated rings. The van der Waals surface area contributed by atoms with Gasteiger partial charge in [-0.1, -0.05) is 0 Å². The molecular formula is C15H15NO3S. The molecule has 0 atom stereocenters. The maximum Gasteiger partial charge on any atom is 0.231 e. The molecule has 2 N–H and O–H groups in total. The topological polar surface area (TPSA) is 53.7 Å². The average molecular weight is 289 g/mol. The highest BCUT2D eigenvalue weighted by atomic mass is 32.2. The summed E-state index contributed by atoms with van der Waals surface area (Å²) in [5.74, 6) is 3.19. The number of thioether (sulfide) groups is 1. The molecule has 0 bridgehead atoms. The predicted molar refractivity (Wildman–Crippen MR) is 79.6 cm³/mol. The van der Waals surface area contributed by atoms with Gasteiger partial charge in [0.05, 0.1) is 6.61 Å². The molecule has 0 amide bonds. The summed E-state index contributed by atoms with van der Waals surface area (Å²) in [4.78, 5) is 1.19. The molecule has 1 aliphatic rings. The average Bonchev–Trinajstić information content (AvgIpc) is 2.93. The fourth-order valence-corrected chi connectivity index (χ4v) is 2.58. The maximum atomic E-state index is 5.70. The first-order valence-corrected chi connectivity index (χ1v) is 7.30. The third-order valence-electron chi connectivity index (χ3n) is 2.84. The zero-order chi connectivity index (χ0) is 13.8. The van der Waals surface area contributed by atoms with Crippen molar-refractivity contribution in [1.29, 1.82) is 0 Å². The predicted octanol–water partition coefficient (Wildman–Crippen LogP) is 3.17. The van der Waals surface area contributed by atoms with Crippen LogP contribution in [0.15, 0.2) is 47.4 Å². The van der Waals surface area contributed by atoms with Crippen molar-refractivity contribution in [2.24, 2.45) is 0 Å². The Balaban J connectivity index is 1.47. The molecule has 0 saturated heterocycles. The van der Waals surface area contributed by atoms with E-state index in [1.165, 1.54) is 4.90 Å². The summed E-state index contributed by atoms with van der Waals surface area (Å²) in [6, 6.07) is 13.4. The Morgan fingerprint density at radius 3 is 2.70 bits per heavy atom. The molecule has 2 aromatic rings. The number of nitrogen functional groups attached to an aromatic ring is 1. The second-order valence-corrected chi connectivity index (χ2v) is 5.45. The standard InChI is InChI=1S/C15H15NO3S/c16-11-1-4-13(5-2-11)20-8-7-17-12-3-6-14-15(9-12)19-10-18-14/h1-6,9H,7-8,10,16H2. The van der Waals surface area contributed by atoms with Crippen LogP contribution in [0.25, 0.3) is 0 Å². The van der Waals surface area contributed by atoms with Crippen LogP contribution in [-0.2, 0) is 0 Å². The van der Waals surface area contributed by atoms with Gasteiger partial charge in [0, 0.05) is 22.4 Å². The lowest BCUT2D eigenvalue weighted by molar-refractivity contribution is 0.174. The molecule has 2 aromatic carbocycles. The largest absolute Gasteiger partial charge is 0.493 e. The van der Waals surface area contributed by atoms with E-state index in [-0.39, 0.29) is 6.79 Å². The molecule has 0 radical (unpaired) electrons. The molecule has 0 aromatic heterocycles. The number of hydrogen-bond acceptors (Lipinski definition) is 5. The number of nitrogens with two attached hydrogens (primary N) is 1. The molecular weight excluding hydrogens is 274 g/mol. The van der Waals surface area contributed by atoms with Crippen LogP contribution in [0, 0.1) is 0 Å². The summed E-state index contributed by atoms with van der Waals surface area (Å²) < 4.78 is 16.3. The number of ether oxygens (including phenoxy) is 3. The smallest absolute Gasteiger partial charge is 0.231 e. The summed E-state index contributed by atoms with van der Waals surface area (Å²) >= 11 is 1.74. The molecule has 5 heteroatoms. The van der Waals surface area contributed by atoms with Gasteiger partial charge in [-0.15, -0.1) is 11.8 Å². The lowest BCUT2D eigenvalue weighted by atomic mass is 10.3. The maximum absolute atomic E-state index is 5.70. The van der Waals surface area contributed by atoms with Crippen molar-refractivity contribution in [3.8, 4) is 17.2 Å². The van der Waals surface area contributed by atoms with E-state index in [1.54, 1.807) is 11.8 Å². The molecule has 3 rings (SSSR count). The number of benzene rings is 2. The van der Waals surface area contributed by atoms with Crippen molar-refractivity contribution in [2.45, 2.75) is 4.90 Å². The van der Waals surface area contributed by atoms with Crippen LogP contribution in [0.5, 0.6) is 17.2 Å². The minimum Gasteiger partial charge on any atom is -0.493 e. The molecule has 4 nitrogen and oxygen atoms in total. The minimum atomic E-state index is 0.284. The molecule has 1 heterocycles. The fourth-order valence-electron chi connectivity index (χ4n) is 1.85. The van der Waals surface area contributed by atoms with Crippen LogP contribution >= 0.6 is 11.8 Å². The van der Waals surface area contributed by atoms with Gasteiger partial charge in [-0.05, 0) is 36.4 Å². The molecule has 0 unspecified atom stereocenters. The van der Waals surface area contributed by atoms with Crippen molar-refractivity contribution >= 4 is 17.4 Å². The molecule has 0 aliphatic carbocycles. The Bertz CT molecular complexity index is 586. The normalized spacial score (nSPS) is 12.4. The lowest BCUT2D eigenvalue weighted by Gasteiger charge is -2.07. The van der Waals surface area contributed by atoms with Gasteiger partial charge < -0.3 is 19.9 Å². The SMILES string of the molecule is Nc1ccc(SCCOc2ccc3c(c2)OCO3)cc1. The van der Waals surface area contributed by atoms with Crippen LogP contribution < -0.4 is 19.9 Å². The van der Waals surface area contributed by atoms with E-state index in [9.17, 15) is 0 Å². The van der Waals surface area contributed by atoms with E-state index in [0.29, 0.717) is 6.61 Å². The Labute approximate surface area is 121 Å². The van der Waals surface area contributed by atoms with Crippen molar-refractivity contribution in [2.75, 3.05) is 24.9 Å². The van der Waals surface area contributed by atoms with Gasteiger partial charge in [0.15, 0.2) is 11.5 Å². The first-order chi connectivity index (χ1) is 9.81. The van der Waals surface area contributed by atoms with E-state index in [4.69, 9.17) is 19.9 Å². The zero-order valence-corrected chi connectivity index (χ0v) is 11.7. The third-order valence-corrected chi connectivity index (χ3v) is 3.82. The second-order valence-electron chi connectivity index (χ2n) is 4.28. The van der Waals surface area contributed by atoms with Gasteiger partial charge in [0.25, 0.3) is 0 Å². The van der Waals surface area contributed by atoms with Crippen LogP contribution in [0.1, 0.15) is 0 Å². The van der Waals surface area contributed by atoms with Crippen LogP contribution in [0.4, 0.5) is 5.69 Å². The highest BCUT2D eigenvalue weighted by Gasteiger charge is 2.13. The van der Waals surface area contributed by atoms with Crippen molar-refractivity contribution in [1.82, 2.24) is 0 Å². The van der Waals surface area contributed by atoms with Gasteiger partial charge in [0.1, 0.15) is 5.75 Å². The zero-order valence-electron chi connectivity index (χ0n) is 10.9. The molecule has 0 saturated carbocycles. The monoisotopic (exact) mass is 289 g/mol. The lowest BCUT2D eigenvalue weighted by Crippen LogP contribution is -2.00. The van der Waals surface area contributed by atoms with Gasteiger partial charge in [-0.25, -0.2) is 0 Å². The molecule has 0 spiro atoms. The first kappa shape index (κ1) is 13.0. The summed E-state index contributed by atoms with van der Waals surface area (Å²) in [5, 5.41) is 0. The Morgan fingerprint density at radius 1 is 1.05 bits per heavy atom. The summed E-state index contributed by atoms with van der Waals surface area (Å²) in [6.45, 7) is 0.917. The van der Waals surface area contributed by atoms with Gasteiger partial charge in [-0.2, -0.15) is 0 Å². The van der Waals surface area contributed by atoms with Crippen molar-refractivity contribution in [3.05, 3.63) is 42.5 Å². The van der Waals surface area contributed by atoms with Crippen LogP contribution in [-0.4, -0.2) is 19.2 Å². The second kappa shape index (κ2) is 5.96. The molecule has 1 aliphatic heterocycles. The highest BCUT2D eigenvalue weighted by Crippen LogP contribution is 2.35. The van der Waals surface area contributed by atoms with E-state index in [0.717, 1.165) is 28.7 Å². The first-order valence-electron chi connectivity index (χ1n) is 6.32. The van der Waals surface area contributed by atoms with Gasteiger partial charge >= 0.3 is 0 Å². The fraction of sp³-hybridized carbons (Fsp3) is 0.200. The van der Waals surface area contributed by atoms with Crippen molar-refractivity contribution < 1.29 is 14.2 Å². The Hall–Kier alpha value is -2.01. The minimum absolute atomic E-state index is 0.284. The third kappa shape index (κ3) is 3.11. The van der Waals surface area contributed by atoms with Crippen LogP contribution in [0.2, 0.25) is 0 Å². The van der Waals surface area contributed by atoms with Gasteiger partial charge in [-0.3, -0.25) is 0 Å². The highest BCUT2D eigenvalue weighted by molar-refractivity contribution is 7.99. The van der Waals surface area contributed by atoms with E-state index >= 15 is 0 Å². The molecule has 104 valence electrons. The van der Waals surface area contributed by atoms with Crippen LogP contribution in [0.3, 0.4) is 0 Å². The Kier molecular flexibility index (Phi) is 3.87. The number of hydrogen-bond donors (Lipinski definition) is 1. The van der Waals surface area contributed by atoms with E-state index < -0.39 is 0 Å². The number of fused-ring (bicyclic) bond motifs is 1. The number of rotatable bonds is 5. The summed E-state index contributed by atoms with van der Waals surface area (Å²) in [6.07, 6.45) is 0. The van der Waals surface area contributed by atoms with Crippen molar-refractivity contribution in [3.63, 3.8) is 0 Å². The Morgan fingerprint density at radius 2 is 1.85 bits per heavy atom. The van der Waals surface area contributed by atoms with E-state index in [1.807, 2.05) is 42.5 Å². The summed E-state index contributed by atoms with van der Waals surface area (Å²) in [7, 11) is 0. The number of anilines is 1. The quantitative estimate of drug-likeness (QED) is 0.520. The molecule has 20 heavy (non-hydrogen) atoms. The van der Waals surface area contributed by atoms with E-state index in [2.05, 4.69) is 0 Å². The summed E-state index contributed by atoms with van der Waals surface area (Å²) in [5.41, 5.74) is 6.43. The van der Waals surface area contributed by atoms with Gasteiger partial charge in [0.2, 0.25) is 6.79 Å².